The summed E-state index contributed by atoms with van der Waals surface area (Å²) in [7, 11) is 0. The lowest BCUT2D eigenvalue weighted by atomic mass is 9.87. The molecule has 3 nitrogen and oxygen atoms in total. The zero-order valence-corrected chi connectivity index (χ0v) is 13.1. The van der Waals surface area contributed by atoms with Crippen molar-refractivity contribution in [2.75, 3.05) is 6.54 Å². The normalized spacial score (nSPS) is 13.3. The van der Waals surface area contributed by atoms with Crippen LogP contribution in [0, 0.1) is 5.41 Å². The number of hydrogen-bond donors (Lipinski definition) is 2. The molecule has 1 aromatic heterocycles. The fraction of sp³-hybridized carbons (Fsp3) is 0.444. The van der Waals surface area contributed by atoms with Crippen LogP contribution in [0.1, 0.15) is 33.0 Å². The highest BCUT2D eigenvalue weighted by atomic mass is 16.3. The Bertz CT molecular complexity index is 543. The van der Waals surface area contributed by atoms with Gasteiger partial charge in [-0.3, -0.25) is 0 Å². The Labute approximate surface area is 127 Å². The lowest BCUT2D eigenvalue weighted by Crippen LogP contribution is -2.31. The quantitative estimate of drug-likeness (QED) is 0.813. The Morgan fingerprint density at radius 2 is 1.86 bits per heavy atom. The van der Waals surface area contributed by atoms with Crippen molar-refractivity contribution in [2.45, 2.75) is 39.8 Å². The molecule has 3 heteroatoms. The molecule has 1 atom stereocenters. The Balaban J connectivity index is 1.86. The molecule has 0 bridgehead atoms. The molecule has 1 aromatic carbocycles. The summed E-state index contributed by atoms with van der Waals surface area (Å²) in [6, 6.07) is 14.1. The van der Waals surface area contributed by atoms with E-state index in [0.717, 1.165) is 30.0 Å². The summed E-state index contributed by atoms with van der Waals surface area (Å²) >= 11 is 0. The largest absolute Gasteiger partial charge is 0.460 e. The Morgan fingerprint density at radius 1 is 1.14 bits per heavy atom. The molecule has 2 aromatic rings. The molecule has 2 N–H and O–H groups in total. The van der Waals surface area contributed by atoms with Crippen molar-refractivity contribution >= 4 is 0 Å². The third-order valence-corrected chi connectivity index (χ3v) is 3.47. The molecule has 0 aliphatic heterocycles. The fourth-order valence-electron chi connectivity index (χ4n) is 2.63. The van der Waals surface area contributed by atoms with E-state index < -0.39 is 0 Å². The molecular formula is C18H25NO2. The standard InChI is InChI=1S/C18H25NO2/c1-14(20)11-18(2,3)13-19-12-16-9-10-17(21-16)15-7-5-4-6-8-15/h4-10,14,19-20H,11-13H2,1-3H3. The second-order valence-electron chi connectivity index (χ2n) is 6.45. The minimum atomic E-state index is -0.268. The van der Waals surface area contributed by atoms with Gasteiger partial charge in [-0.05, 0) is 30.9 Å². The van der Waals surface area contributed by atoms with Gasteiger partial charge in [0.25, 0.3) is 0 Å². The highest BCUT2D eigenvalue weighted by Gasteiger charge is 2.19. The molecule has 0 radical (unpaired) electrons. The fourth-order valence-corrected chi connectivity index (χ4v) is 2.63. The maximum Gasteiger partial charge on any atom is 0.134 e. The first-order valence-electron chi connectivity index (χ1n) is 7.49. The van der Waals surface area contributed by atoms with Crippen LogP contribution in [0.4, 0.5) is 0 Å². The van der Waals surface area contributed by atoms with Gasteiger partial charge in [0.05, 0.1) is 12.6 Å². The number of nitrogens with one attached hydrogen (secondary N) is 1. The van der Waals surface area contributed by atoms with E-state index in [1.807, 2.05) is 49.4 Å². The van der Waals surface area contributed by atoms with Crippen LogP contribution in [-0.2, 0) is 6.54 Å². The zero-order chi connectivity index (χ0) is 15.3. The van der Waals surface area contributed by atoms with Gasteiger partial charge < -0.3 is 14.8 Å². The summed E-state index contributed by atoms with van der Waals surface area (Å²) in [5.74, 6) is 1.83. The van der Waals surface area contributed by atoms with Gasteiger partial charge in [0, 0.05) is 12.1 Å². The highest BCUT2D eigenvalue weighted by Crippen LogP contribution is 2.23. The second-order valence-corrected chi connectivity index (χ2v) is 6.45. The molecule has 1 heterocycles. The topological polar surface area (TPSA) is 45.4 Å². The summed E-state index contributed by atoms with van der Waals surface area (Å²) in [5.41, 5.74) is 1.17. The van der Waals surface area contributed by atoms with E-state index in [0.29, 0.717) is 6.54 Å². The summed E-state index contributed by atoms with van der Waals surface area (Å²) < 4.78 is 5.85. The van der Waals surface area contributed by atoms with Crippen molar-refractivity contribution in [3.8, 4) is 11.3 Å². The van der Waals surface area contributed by atoms with Crippen LogP contribution in [0.5, 0.6) is 0 Å². The van der Waals surface area contributed by atoms with Crippen LogP contribution < -0.4 is 5.32 Å². The van der Waals surface area contributed by atoms with E-state index in [1.165, 1.54) is 0 Å². The number of aliphatic hydroxyl groups is 1. The molecule has 0 spiro atoms. The first kappa shape index (κ1) is 15.8. The summed E-state index contributed by atoms with van der Waals surface area (Å²) in [5, 5.41) is 12.9. The van der Waals surface area contributed by atoms with Crippen molar-refractivity contribution in [3.63, 3.8) is 0 Å². The number of benzene rings is 1. The van der Waals surface area contributed by atoms with Gasteiger partial charge in [-0.25, -0.2) is 0 Å². The van der Waals surface area contributed by atoms with E-state index in [2.05, 4.69) is 19.2 Å². The Kier molecular flexibility index (Phi) is 5.21. The zero-order valence-electron chi connectivity index (χ0n) is 13.1. The van der Waals surface area contributed by atoms with Crippen molar-refractivity contribution < 1.29 is 9.52 Å². The minimum absolute atomic E-state index is 0.0724. The van der Waals surface area contributed by atoms with E-state index >= 15 is 0 Å². The molecule has 0 saturated carbocycles. The van der Waals surface area contributed by atoms with E-state index in [-0.39, 0.29) is 11.5 Å². The van der Waals surface area contributed by atoms with Gasteiger partial charge in [-0.1, -0.05) is 44.2 Å². The molecular weight excluding hydrogens is 262 g/mol. The van der Waals surface area contributed by atoms with Gasteiger partial charge in [-0.15, -0.1) is 0 Å². The van der Waals surface area contributed by atoms with Gasteiger partial charge >= 0.3 is 0 Å². The lowest BCUT2D eigenvalue weighted by Gasteiger charge is -2.26. The van der Waals surface area contributed by atoms with Crippen LogP contribution in [0.3, 0.4) is 0 Å². The van der Waals surface area contributed by atoms with Crippen molar-refractivity contribution in [3.05, 3.63) is 48.2 Å². The van der Waals surface area contributed by atoms with Crippen LogP contribution in [0.25, 0.3) is 11.3 Å². The average Bonchev–Trinajstić information content (AvgIpc) is 2.87. The number of rotatable bonds is 7. The summed E-state index contributed by atoms with van der Waals surface area (Å²) in [6.07, 6.45) is 0.517. The first-order valence-corrected chi connectivity index (χ1v) is 7.49. The van der Waals surface area contributed by atoms with Crippen molar-refractivity contribution in [1.29, 1.82) is 0 Å². The predicted octanol–water partition coefficient (Wildman–Crippen LogP) is 3.83. The molecule has 2 rings (SSSR count). The van der Waals surface area contributed by atoms with E-state index in [9.17, 15) is 5.11 Å². The SMILES string of the molecule is CC(O)CC(C)(C)CNCc1ccc(-c2ccccc2)o1. The van der Waals surface area contributed by atoms with Gasteiger partial charge in [0.15, 0.2) is 0 Å². The molecule has 1 unspecified atom stereocenters. The van der Waals surface area contributed by atoms with E-state index in [1.54, 1.807) is 0 Å². The molecule has 0 aliphatic rings. The second kappa shape index (κ2) is 6.92. The van der Waals surface area contributed by atoms with Crippen molar-refractivity contribution in [2.24, 2.45) is 5.41 Å². The lowest BCUT2D eigenvalue weighted by molar-refractivity contribution is 0.128. The molecule has 0 saturated heterocycles. The summed E-state index contributed by atoms with van der Waals surface area (Å²) in [4.78, 5) is 0. The highest BCUT2D eigenvalue weighted by molar-refractivity contribution is 5.57. The predicted molar refractivity (Wildman–Crippen MR) is 85.9 cm³/mol. The van der Waals surface area contributed by atoms with Gasteiger partial charge in [-0.2, -0.15) is 0 Å². The van der Waals surface area contributed by atoms with Crippen LogP contribution in [0.15, 0.2) is 46.9 Å². The van der Waals surface area contributed by atoms with Crippen LogP contribution in [-0.4, -0.2) is 17.8 Å². The minimum Gasteiger partial charge on any atom is -0.460 e. The third-order valence-electron chi connectivity index (χ3n) is 3.47. The average molecular weight is 287 g/mol. The molecule has 114 valence electrons. The van der Waals surface area contributed by atoms with Gasteiger partial charge in [0.1, 0.15) is 11.5 Å². The third kappa shape index (κ3) is 5.03. The smallest absolute Gasteiger partial charge is 0.134 e. The molecule has 21 heavy (non-hydrogen) atoms. The monoisotopic (exact) mass is 287 g/mol. The summed E-state index contributed by atoms with van der Waals surface area (Å²) in [6.45, 7) is 7.70. The molecule has 0 aliphatic carbocycles. The number of aliphatic hydroxyl groups excluding tert-OH is 1. The first-order chi connectivity index (χ1) is 9.96. The molecule has 0 amide bonds. The van der Waals surface area contributed by atoms with Gasteiger partial charge in [0.2, 0.25) is 0 Å². The number of furan rings is 1. The maximum atomic E-state index is 9.49. The van der Waals surface area contributed by atoms with Crippen molar-refractivity contribution in [1.82, 2.24) is 5.32 Å². The van der Waals surface area contributed by atoms with E-state index in [4.69, 9.17) is 4.42 Å². The van der Waals surface area contributed by atoms with Crippen LogP contribution >= 0.6 is 0 Å². The Morgan fingerprint density at radius 3 is 2.52 bits per heavy atom. The maximum absolute atomic E-state index is 9.49. The molecule has 0 fully saturated rings. The Hall–Kier alpha value is -1.58. The van der Waals surface area contributed by atoms with Crippen LogP contribution in [0.2, 0.25) is 0 Å². The number of hydrogen-bond acceptors (Lipinski definition) is 3.